The molecule has 1 saturated heterocycles. The molecule has 0 bridgehead atoms. The zero-order valence-corrected chi connectivity index (χ0v) is 14.8. The van der Waals surface area contributed by atoms with Crippen molar-refractivity contribution in [3.05, 3.63) is 22.7 Å². The van der Waals surface area contributed by atoms with E-state index >= 15 is 0 Å². The van der Waals surface area contributed by atoms with E-state index in [-0.39, 0.29) is 12.2 Å². The summed E-state index contributed by atoms with van der Waals surface area (Å²) < 4.78 is 16.7. The first-order valence-corrected chi connectivity index (χ1v) is 8.97. The Hall–Kier alpha value is -1.30. The van der Waals surface area contributed by atoms with Gasteiger partial charge in [-0.1, -0.05) is 11.6 Å². The molecule has 3 rings (SSSR count). The number of methoxy groups -OCH3 is 1. The Bertz CT molecular complexity index is 587. The van der Waals surface area contributed by atoms with Crippen molar-refractivity contribution in [2.45, 2.75) is 44.8 Å². The fourth-order valence-electron chi connectivity index (χ4n) is 3.25. The van der Waals surface area contributed by atoms with E-state index in [0.29, 0.717) is 30.3 Å². The van der Waals surface area contributed by atoms with Crippen LogP contribution in [0.5, 0.6) is 5.75 Å². The van der Waals surface area contributed by atoms with Crippen LogP contribution in [0.25, 0.3) is 0 Å². The number of fused-ring (bicyclic) bond motifs is 1. The van der Waals surface area contributed by atoms with Crippen LogP contribution >= 0.6 is 11.6 Å². The van der Waals surface area contributed by atoms with Crippen molar-refractivity contribution in [3.63, 3.8) is 0 Å². The van der Waals surface area contributed by atoms with Gasteiger partial charge >= 0.3 is 0 Å². The number of carbonyl (C=O) groups is 1. The van der Waals surface area contributed by atoms with Crippen molar-refractivity contribution in [3.8, 4) is 5.75 Å². The number of hydrogen-bond donors (Lipinski definition) is 0. The second-order valence-corrected chi connectivity index (χ2v) is 6.59. The average molecular weight is 354 g/mol. The van der Waals surface area contributed by atoms with E-state index in [2.05, 4.69) is 0 Å². The predicted octanol–water partition coefficient (Wildman–Crippen LogP) is 3.56. The first-order valence-electron chi connectivity index (χ1n) is 8.59. The summed E-state index contributed by atoms with van der Waals surface area (Å²) in [5.41, 5.74) is 1.97. The van der Waals surface area contributed by atoms with Crippen molar-refractivity contribution in [1.82, 2.24) is 0 Å². The largest absolute Gasteiger partial charge is 0.495 e. The third-order valence-electron chi connectivity index (χ3n) is 4.54. The van der Waals surface area contributed by atoms with Gasteiger partial charge in [-0.05, 0) is 43.7 Å². The number of rotatable bonds is 5. The molecular formula is C18H24ClNO4. The molecule has 2 aliphatic heterocycles. The van der Waals surface area contributed by atoms with E-state index in [9.17, 15) is 4.79 Å². The lowest BCUT2D eigenvalue weighted by Crippen LogP contribution is -2.35. The van der Waals surface area contributed by atoms with E-state index < -0.39 is 0 Å². The van der Waals surface area contributed by atoms with Crippen LogP contribution in [0.3, 0.4) is 0 Å². The highest BCUT2D eigenvalue weighted by Crippen LogP contribution is 2.36. The molecule has 1 fully saturated rings. The van der Waals surface area contributed by atoms with Gasteiger partial charge in [0.2, 0.25) is 5.91 Å². The van der Waals surface area contributed by atoms with Gasteiger partial charge in [0, 0.05) is 25.6 Å². The maximum absolute atomic E-state index is 12.5. The monoisotopic (exact) mass is 353 g/mol. The van der Waals surface area contributed by atoms with Crippen molar-refractivity contribution >= 4 is 23.2 Å². The second kappa shape index (κ2) is 8.19. The highest BCUT2D eigenvalue weighted by molar-refractivity contribution is 6.32. The molecule has 1 amide bonds. The summed E-state index contributed by atoms with van der Waals surface area (Å²) in [6.07, 6.45) is 5.22. The van der Waals surface area contributed by atoms with Crippen molar-refractivity contribution < 1.29 is 19.0 Å². The lowest BCUT2D eigenvalue weighted by atomic mass is 10.1. The number of aryl methyl sites for hydroxylation is 1. The molecule has 0 N–H and O–H groups in total. The quantitative estimate of drug-likeness (QED) is 0.812. The minimum atomic E-state index is -0.139. The van der Waals surface area contributed by atoms with E-state index in [1.807, 2.05) is 12.1 Å². The van der Waals surface area contributed by atoms with Crippen molar-refractivity contribution in [1.29, 1.82) is 0 Å². The molecule has 1 unspecified atom stereocenters. The Labute approximate surface area is 147 Å². The lowest BCUT2D eigenvalue weighted by Gasteiger charge is -2.27. The van der Waals surface area contributed by atoms with Crippen LogP contribution in [0, 0.1) is 0 Å². The number of hydrogen-bond acceptors (Lipinski definition) is 4. The van der Waals surface area contributed by atoms with Crippen LogP contribution in [-0.2, 0) is 20.7 Å². The molecule has 24 heavy (non-hydrogen) atoms. The van der Waals surface area contributed by atoms with Gasteiger partial charge in [-0.2, -0.15) is 0 Å². The molecule has 0 aliphatic carbocycles. The molecule has 0 aromatic heterocycles. The standard InChI is InChI=1S/C18H24ClNO4/c1-22-16-12-15-13(11-14(16)19)5-4-6-17(21)20(15)8-10-24-18-7-2-3-9-23-18/h11-12,18H,2-10H2,1H3. The summed E-state index contributed by atoms with van der Waals surface area (Å²) >= 11 is 6.23. The topological polar surface area (TPSA) is 48.0 Å². The lowest BCUT2D eigenvalue weighted by molar-refractivity contribution is -0.161. The first-order chi connectivity index (χ1) is 11.7. The highest BCUT2D eigenvalue weighted by Gasteiger charge is 2.24. The SMILES string of the molecule is COc1cc2c(cc1Cl)CCCC(=O)N2CCOC1CCCCO1. The zero-order chi connectivity index (χ0) is 16.9. The Kier molecular flexibility index (Phi) is 5.98. The summed E-state index contributed by atoms with van der Waals surface area (Å²) in [6.45, 7) is 1.73. The maximum Gasteiger partial charge on any atom is 0.227 e. The van der Waals surface area contributed by atoms with Crippen molar-refractivity contribution in [2.75, 3.05) is 31.8 Å². The number of amides is 1. The fourth-order valence-corrected chi connectivity index (χ4v) is 3.52. The van der Waals surface area contributed by atoms with Gasteiger partial charge in [0.05, 0.1) is 24.4 Å². The van der Waals surface area contributed by atoms with Gasteiger partial charge in [-0.3, -0.25) is 4.79 Å². The molecule has 2 heterocycles. The van der Waals surface area contributed by atoms with E-state index in [1.54, 1.807) is 12.0 Å². The summed E-state index contributed by atoms with van der Waals surface area (Å²) in [6, 6.07) is 3.77. The third kappa shape index (κ3) is 4.02. The molecule has 1 aromatic carbocycles. The zero-order valence-electron chi connectivity index (χ0n) is 14.1. The predicted molar refractivity (Wildman–Crippen MR) is 92.8 cm³/mol. The summed E-state index contributed by atoms with van der Waals surface area (Å²) in [5, 5.41) is 0.581. The number of halogens is 1. The number of anilines is 1. The molecular weight excluding hydrogens is 330 g/mol. The molecule has 6 heteroatoms. The van der Waals surface area contributed by atoms with Crippen LogP contribution < -0.4 is 9.64 Å². The third-order valence-corrected chi connectivity index (χ3v) is 4.83. The number of carbonyl (C=O) groups excluding carboxylic acids is 1. The number of nitrogens with zero attached hydrogens (tertiary/aromatic N) is 1. The summed E-state index contributed by atoms with van der Waals surface area (Å²) in [7, 11) is 1.58. The normalized spacial score (nSPS) is 21.3. The minimum absolute atomic E-state index is 0.117. The van der Waals surface area contributed by atoms with E-state index in [1.165, 1.54) is 0 Å². The molecule has 1 atom stereocenters. The molecule has 0 saturated carbocycles. The van der Waals surface area contributed by atoms with Crippen LogP contribution in [0.15, 0.2) is 12.1 Å². The molecule has 1 aromatic rings. The molecule has 0 radical (unpaired) electrons. The molecule has 0 spiro atoms. The Balaban J connectivity index is 1.72. The number of ether oxygens (including phenoxy) is 3. The van der Waals surface area contributed by atoms with Gasteiger partial charge < -0.3 is 19.1 Å². The average Bonchev–Trinajstić information content (AvgIpc) is 2.74. The van der Waals surface area contributed by atoms with Gasteiger partial charge in [0.15, 0.2) is 6.29 Å². The Morgan fingerprint density at radius 1 is 1.29 bits per heavy atom. The van der Waals surface area contributed by atoms with Gasteiger partial charge in [0.25, 0.3) is 0 Å². The second-order valence-electron chi connectivity index (χ2n) is 6.18. The van der Waals surface area contributed by atoms with E-state index in [0.717, 1.165) is 50.0 Å². The van der Waals surface area contributed by atoms with Gasteiger partial charge in [-0.15, -0.1) is 0 Å². The Morgan fingerprint density at radius 2 is 2.17 bits per heavy atom. The summed E-state index contributed by atoms with van der Waals surface area (Å²) in [5.74, 6) is 0.706. The Morgan fingerprint density at radius 3 is 2.92 bits per heavy atom. The highest BCUT2D eigenvalue weighted by atomic mass is 35.5. The fraction of sp³-hybridized carbons (Fsp3) is 0.611. The van der Waals surface area contributed by atoms with Crippen LogP contribution in [0.4, 0.5) is 5.69 Å². The molecule has 2 aliphatic rings. The van der Waals surface area contributed by atoms with Gasteiger partial charge in [-0.25, -0.2) is 0 Å². The molecule has 132 valence electrons. The number of benzene rings is 1. The van der Waals surface area contributed by atoms with Crippen LogP contribution in [0.2, 0.25) is 5.02 Å². The van der Waals surface area contributed by atoms with Crippen LogP contribution in [0.1, 0.15) is 37.7 Å². The minimum Gasteiger partial charge on any atom is -0.495 e. The molecule has 5 nitrogen and oxygen atoms in total. The maximum atomic E-state index is 12.5. The smallest absolute Gasteiger partial charge is 0.227 e. The van der Waals surface area contributed by atoms with Crippen molar-refractivity contribution in [2.24, 2.45) is 0 Å². The van der Waals surface area contributed by atoms with Crippen LogP contribution in [-0.4, -0.2) is 39.1 Å². The summed E-state index contributed by atoms with van der Waals surface area (Å²) in [4.78, 5) is 14.3. The first kappa shape index (κ1) is 17.5. The van der Waals surface area contributed by atoms with Gasteiger partial charge in [0.1, 0.15) is 5.75 Å². The van der Waals surface area contributed by atoms with E-state index in [4.69, 9.17) is 25.8 Å².